The summed E-state index contributed by atoms with van der Waals surface area (Å²) in [6.07, 6.45) is 1.65. The predicted molar refractivity (Wildman–Crippen MR) is 64.3 cm³/mol. The van der Waals surface area contributed by atoms with Gasteiger partial charge < -0.3 is 10.2 Å². The minimum atomic E-state index is -0.228. The molecule has 0 aliphatic carbocycles. The third-order valence-corrected chi connectivity index (χ3v) is 2.91. The van der Waals surface area contributed by atoms with Gasteiger partial charge in [-0.05, 0) is 17.7 Å². The zero-order valence-electron chi connectivity index (χ0n) is 9.53. The standard InChI is InChI=1S/C13H15FN2O/c1-2-7-15-13(17)16-8-11(9-16)10-3-5-12(14)6-4-10/h2-6,11H,1,7-9H2,(H,15,17). The van der Waals surface area contributed by atoms with Crippen LogP contribution < -0.4 is 5.32 Å². The molecule has 1 aromatic rings. The molecule has 0 unspecified atom stereocenters. The second-order valence-electron chi connectivity index (χ2n) is 4.13. The summed E-state index contributed by atoms with van der Waals surface area (Å²) in [5.41, 5.74) is 1.08. The van der Waals surface area contributed by atoms with Gasteiger partial charge >= 0.3 is 6.03 Å². The Morgan fingerprint density at radius 2 is 2.12 bits per heavy atom. The van der Waals surface area contributed by atoms with Gasteiger partial charge in [0.25, 0.3) is 0 Å². The van der Waals surface area contributed by atoms with Gasteiger partial charge in [-0.15, -0.1) is 6.58 Å². The summed E-state index contributed by atoms with van der Waals surface area (Å²) in [7, 11) is 0. The molecule has 0 saturated carbocycles. The third-order valence-electron chi connectivity index (χ3n) is 2.91. The highest BCUT2D eigenvalue weighted by molar-refractivity contribution is 5.75. The van der Waals surface area contributed by atoms with Crippen molar-refractivity contribution >= 4 is 6.03 Å². The Hall–Kier alpha value is -1.84. The molecule has 1 saturated heterocycles. The molecule has 1 fully saturated rings. The lowest BCUT2D eigenvalue weighted by atomic mass is 9.92. The van der Waals surface area contributed by atoms with Crippen molar-refractivity contribution < 1.29 is 9.18 Å². The van der Waals surface area contributed by atoms with E-state index in [2.05, 4.69) is 11.9 Å². The number of halogens is 1. The maximum atomic E-state index is 12.7. The van der Waals surface area contributed by atoms with Crippen molar-refractivity contribution in [2.75, 3.05) is 19.6 Å². The average Bonchev–Trinajstić information content (AvgIpc) is 2.27. The highest BCUT2D eigenvalue weighted by atomic mass is 19.1. The number of nitrogens with zero attached hydrogens (tertiary/aromatic N) is 1. The molecule has 1 aliphatic rings. The van der Waals surface area contributed by atoms with Crippen LogP contribution >= 0.6 is 0 Å². The van der Waals surface area contributed by atoms with Gasteiger partial charge in [0.05, 0.1) is 0 Å². The lowest BCUT2D eigenvalue weighted by Crippen LogP contribution is -2.52. The molecule has 2 rings (SSSR count). The fourth-order valence-electron chi connectivity index (χ4n) is 1.86. The number of rotatable bonds is 3. The largest absolute Gasteiger partial charge is 0.335 e. The van der Waals surface area contributed by atoms with Crippen molar-refractivity contribution in [3.05, 3.63) is 48.3 Å². The fraction of sp³-hybridized carbons (Fsp3) is 0.308. The molecule has 2 amide bonds. The molecule has 0 bridgehead atoms. The van der Waals surface area contributed by atoms with Crippen molar-refractivity contribution in [2.24, 2.45) is 0 Å². The molecular formula is C13H15FN2O. The molecule has 3 nitrogen and oxygen atoms in total. The molecule has 1 heterocycles. The van der Waals surface area contributed by atoms with Crippen LogP contribution in [0.3, 0.4) is 0 Å². The highest BCUT2D eigenvalue weighted by Gasteiger charge is 2.31. The average molecular weight is 234 g/mol. The van der Waals surface area contributed by atoms with E-state index in [4.69, 9.17) is 0 Å². The van der Waals surface area contributed by atoms with E-state index in [1.165, 1.54) is 12.1 Å². The van der Waals surface area contributed by atoms with Crippen LogP contribution in [0.1, 0.15) is 11.5 Å². The zero-order valence-corrected chi connectivity index (χ0v) is 9.53. The molecule has 0 aromatic heterocycles. The number of carbonyl (C=O) groups excluding carboxylic acids is 1. The molecule has 1 aliphatic heterocycles. The molecule has 1 N–H and O–H groups in total. The van der Waals surface area contributed by atoms with E-state index < -0.39 is 0 Å². The van der Waals surface area contributed by atoms with Gasteiger partial charge in [0.1, 0.15) is 5.82 Å². The first-order valence-electron chi connectivity index (χ1n) is 5.60. The predicted octanol–water partition coefficient (Wildman–Crippen LogP) is 2.12. The number of likely N-dealkylation sites (tertiary alicyclic amines) is 1. The normalized spacial score (nSPS) is 15.2. The van der Waals surface area contributed by atoms with Crippen LogP contribution in [0.25, 0.3) is 0 Å². The number of urea groups is 1. The SMILES string of the molecule is C=CCNC(=O)N1CC(c2ccc(F)cc2)C1. The van der Waals surface area contributed by atoms with Crippen molar-refractivity contribution in [3.8, 4) is 0 Å². The van der Waals surface area contributed by atoms with Crippen molar-refractivity contribution in [1.82, 2.24) is 10.2 Å². The fourth-order valence-corrected chi connectivity index (χ4v) is 1.86. The van der Waals surface area contributed by atoms with Crippen LogP contribution in [0.5, 0.6) is 0 Å². The van der Waals surface area contributed by atoms with E-state index in [1.807, 2.05) is 0 Å². The minimum Gasteiger partial charge on any atom is -0.335 e. The van der Waals surface area contributed by atoms with Crippen LogP contribution in [0, 0.1) is 5.82 Å². The lowest BCUT2D eigenvalue weighted by molar-refractivity contribution is 0.152. The third kappa shape index (κ3) is 2.64. The Labute approximate surface area is 99.9 Å². The van der Waals surface area contributed by atoms with E-state index in [9.17, 15) is 9.18 Å². The summed E-state index contributed by atoms with van der Waals surface area (Å²) in [6, 6.07) is 6.40. The Kier molecular flexibility index (Phi) is 3.42. The van der Waals surface area contributed by atoms with E-state index in [0.717, 1.165) is 5.56 Å². The van der Waals surface area contributed by atoms with Gasteiger partial charge in [0.2, 0.25) is 0 Å². The van der Waals surface area contributed by atoms with Gasteiger partial charge in [0, 0.05) is 25.6 Å². The van der Waals surface area contributed by atoms with Crippen LogP contribution in [-0.4, -0.2) is 30.6 Å². The first-order valence-corrected chi connectivity index (χ1v) is 5.60. The summed E-state index contributed by atoms with van der Waals surface area (Å²) >= 11 is 0. The molecule has 0 atom stereocenters. The van der Waals surface area contributed by atoms with E-state index in [1.54, 1.807) is 23.1 Å². The van der Waals surface area contributed by atoms with Crippen molar-refractivity contribution in [2.45, 2.75) is 5.92 Å². The second-order valence-corrected chi connectivity index (χ2v) is 4.13. The Morgan fingerprint density at radius 3 is 2.71 bits per heavy atom. The molecule has 0 radical (unpaired) electrons. The number of hydrogen-bond donors (Lipinski definition) is 1. The van der Waals surface area contributed by atoms with E-state index in [-0.39, 0.29) is 11.8 Å². The first kappa shape index (κ1) is 11.6. The second kappa shape index (κ2) is 4.99. The Morgan fingerprint density at radius 1 is 1.47 bits per heavy atom. The van der Waals surface area contributed by atoms with Crippen LogP contribution in [0.15, 0.2) is 36.9 Å². The molecule has 4 heteroatoms. The number of hydrogen-bond acceptors (Lipinski definition) is 1. The summed E-state index contributed by atoms with van der Waals surface area (Å²) in [5.74, 6) is 0.0961. The lowest BCUT2D eigenvalue weighted by Gasteiger charge is -2.39. The summed E-state index contributed by atoms with van der Waals surface area (Å²) in [4.78, 5) is 13.3. The number of amides is 2. The maximum Gasteiger partial charge on any atom is 0.317 e. The number of nitrogens with one attached hydrogen (secondary N) is 1. The highest BCUT2D eigenvalue weighted by Crippen LogP contribution is 2.26. The van der Waals surface area contributed by atoms with Crippen LogP contribution in [0.4, 0.5) is 9.18 Å². The first-order chi connectivity index (χ1) is 8.20. The van der Waals surface area contributed by atoms with E-state index >= 15 is 0 Å². The summed E-state index contributed by atoms with van der Waals surface area (Å²) in [5, 5.41) is 2.72. The smallest absolute Gasteiger partial charge is 0.317 e. The molecular weight excluding hydrogens is 219 g/mol. The minimum absolute atomic E-state index is 0.0664. The van der Waals surface area contributed by atoms with Crippen LogP contribution in [0.2, 0.25) is 0 Å². The van der Waals surface area contributed by atoms with Gasteiger partial charge in [-0.2, -0.15) is 0 Å². The van der Waals surface area contributed by atoms with Gasteiger partial charge in [-0.3, -0.25) is 0 Å². The van der Waals surface area contributed by atoms with Gasteiger partial charge in [-0.25, -0.2) is 9.18 Å². The van der Waals surface area contributed by atoms with Crippen molar-refractivity contribution in [3.63, 3.8) is 0 Å². The Bertz CT molecular complexity index is 410. The van der Waals surface area contributed by atoms with Gasteiger partial charge in [-0.1, -0.05) is 18.2 Å². The van der Waals surface area contributed by atoms with Crippen molar-refractivity contribution in [1.29, 1.82) is 0 Å². The van der Waals surface area contributed by atoms with Crippen LogP contribution in [-0.2, 0) is 0 Å². The zero-order chi connectivity index (χ0) is 12.3. The van der Waals surface area contributed by atoms with Gasteiger partial charge in [0.15, 0.2) is 0 Å². The molecule has 90 valence electrons. The maximum absolute atomic E-state index is 12.7. The summed E-state index contributed by atoms with van der Waals surface area (Å²) < 4.78 is 12.7. The monoisotopic (exact) mass is 234 g/mol. The van der Waals surface area contributed by atoms with E-state index in [0.29, 0.717) is 25.6 Å². The Balaban J connectivity index is 1.84. The molecule has 1 aromatic carbocycles. The molecule has 0 spiro atoms. The number of benzene rings is 1. The summed E-state index contributed by atoms with van der Waals surface area (Å²) in [6.45, 7) is 5.40. The number of carbonyl (C=O) groups is 1. The topological polar surface area (TPSA) is 32.3 Å². The quantitative estimate of drug-likeness (QED) is 0.798. The molecule has 17 heavy (non-hydrogen) atoms.